The van der Waals surface area contributed by atoms with Crippen LogP contribution in [0.3, 0.4) is 0 Å². The van der Waals surface area contributed by atoms with Crippen molar-refractivity contribution in [2.24, 2.45) is 0 Å². The Morgan fingerprint density at radius 1 is 1.47 bits per heavy atom. The molecule has 2 rings (SSSR count). The molecule has 0 atom stereocenters. The van der Waals surface area contributed by atoms with E-state index in [1.807, 2.05) is 6.20 Å². The average molecular weight is 282 g/mol. The topological polar surface area (TPSA) is 59.3 Å². The molecule has 1 aromatic heterocycles. The number of benzene rings is 1. The molecule has 102 valence electrons. The molecule has 0 aliphatic heterocycles. The van der Waals surface area contributed by atoms with Crippen molar-refractivity contribution in [2.75, 3.05) is 19.0 Å². The molecule has 2 aromatic rings. The van der Waals surface area contributed by atoms with E-state index in [9.17, 15) is 5.11 Å². The molecular weight excluding hydrogens is 266 g/mol. The number of phenolic OH excluding ortho intramolecular Hbond substituents is 1. The summed E-state index contributed by atoms with van der Waals surface area (Å²) < 4.78 is 6.77. The Morgan fingerprint density at radius 2 is 2.32 bits per heavy atom. The van der Waals surface area contributed by atoms with E-state index >= 15 is 0 Å². The molecule has 0 saturated heterocycles. The largest absolute Gasteiger partial charge is 0.508 e. The number of hydrogen-bond acceptors (Lipinski definition) is 4. The van der Waals surface area contributed by atoms with Crippen LogP contribution in [0.2, 0.25) is 5.02 Å². The van der Waals surface area contributed by atoms with Crippen molar-refractivity contribution in [3.63, 3.8) is 0 Å². The fourth-order valence-electron chi connectivity index (χ4n) is 1.67. The molecule has 0 amide bonds. The number of aromatic hydroxyl groups is 1. The molecular formula is C13H16ClN3O2. The second kappa shape index (κ2) is 6.45. The fourth-order valence-corrected chi connectivity index (χ4v) is 1.91. The number of nitrogens with one attached hydrogen (secondary N) is 1. The van der Waals surface area contributed by atoms with Crippen LogP contribution >= 0.6 is 11.6 Å². The van der Waals surface area contributed by atoms with E-state index in [4.69, 9.17) is 16.3 Å². The Kier molecular flexibility index (Phi) is 4.65. The van der Waals surface area contributed by atoms with E-state index in [0.29, 0.717) is 30.3 Å². The minimum Gasteiger partial charge on any atom is -0.508 e. The molecule has 1 aromatic carbocycles. The van der Waals surface area contributed by atoms with Crippen LogP contribution in [0.15, 0.2) is 30.6 Å². The molecule has 19 heavy (non-hydrogen) atoms. The number of phenols is 1. The van der Waals surface area contributed by atoms with Gasteiger partial charge in [-0.1, -0.05) is 17.7 Å². The Morgan fingerprint density at radius 3 is 3.05 bits per heavy atom. The van der Waals surface area contributed by atoms with Crippen molar-refractivity contribution >= 4 is 17.3 Å². The molecule has 0 radical (unpaired) electrons. The predicted molar refractivity (Wildman–Crippen MR) is 74.5 cm³/mol. The van der Waals surface area contributed by atoms with Gasteiger partial charge in [-0.2, -0.15) is 5.10 Å². The first-order valence-electron chi connectivity index (χ1n) is 5.92. The Hall–Kier alpha value is -1.72. The van der Waals surface area contributed by atoms with Crippen LogP contribution in [-0.4, -0.2) is 28.6 Å². The minimum absolute atomic E-state index is 0.187. The standard InChI is InChI=1S/C13H16ClN3O2/c1-19-6-5-17-9-10(7-16-17)15-8-11-12(14)3-2-4-13(11)18/h2-4,7,9,15,18H,5-6,8H2,1H3. The lowest BCUT2D eigenvalue weighted by molar-refractivity contribution is 0.183. The van der Waals surface area contributed by atoms with E-state index in [-0.39, 0.29) is 5.75 Å². The van der Waals surface area contributed by atoms with Gasteiger partial charge in [0.25, 0.3) is 0 Å². The van der Waals surface area contributed by atoms with E-state index in [0.717, 1.165) is 5.69 Å². The maximum atomic E-state index is 9.73. The van der Waals surface area contributed by atoms with Crippen molar-refractivity contribution in [1.29, 1.82) is 0 Å². The quantitative estimate of drug-likeness (QED) is 0.854. The minimum atomic E-state index is 0.187. The highest BCUT2D eigenvalue weighted by Gasteiger charge is 2.06. The van der Waals surface area contributed by atoms with Crippen LogP contribution < -0.4 is 5.32 Å². The maximum absolute atomic E-state index is 9.73. The number of hydrogen-bond donors (Lipinski definition) is 2. The Labute approximate surface area is 116 Å². The normalized spacial score (nSPS) is 10.6. The van der Waals surface area contributed by atoms with Gasteiger partial charge in [0.2, 0.25) is 0 Å². The summed E-state index contributed by atoms with van der Waals surface area (Å²) in [6.07, 6.45) is 3.61. The van der Waals surface area contributed by atoms with Crippen LogP contribution in [0.4, 0.5) is 5.69 Å². The average Bonchev–Trinajstić information content (AvgIpc) is 2.84. The van der Waals surface area contributed by atoms with Crippen molar-refractivity contribution in [1.82, 2.24) is 9.78 Å². The molecule has 2 N–H and O–H groups in total. The number of nitrogens with zero attached hydrogens (tertiary/aromatic N) is 2. The number of methoxy groups -OCH3 is 1. The number of rotatable bonds is 6. The van der Waals surface area contributed by atoms with Gasteiger partial charge >= 0.3 is 0 Å². The summed E-state index contributed by atoms with van der Waals surface area (Å²) in [6, 6.07) is 5.08. The molecule has 1 heterocycles. The van der Waals surface area contributed by atoms with E-state index in [1.165, 1.54) is 0 Å². The summed E-state index contributed by atoms with van der Waals surface area (Å²) >= 11 is 6.03. The highest BCUT2D eigenvalue weighted by molar-refractivity contribution is 6.31. The summed E-state index contributed by atoms with van der Waals surface area (Å²) in [5.74, 6) is 0.187. The van der Waals surface area contributed by atoms with Crippen LogP contribution in [0.1, 0.15) is 5.56 Å². The molecule has 0 saturated carbocycles. The third-order valence-corrected chi connectivity index (χ3v) is 3.08. The monoisotopic (exact) mass is 281 g/mol. The van der Waals surface area contributed by atoms with E-state index < -0.39 is 0 Å². The highest BCUT2D eigenvalue weighted by Crippen LogP contribution is 2.25. The summed E-state index contributed by atoms with van der Waals surface area (Å²) in [5, 5.41) is 17.6. The lowest BCUT2D eigenvalue weighted by Crippen LogP contribution is -2.04. The number of aromatic nitrogens is 2. The van der Waals surface area contributed by atoms with Gasteiger partial charge in [0.05, 0.1) is 25.0 Å². The summed E-state index contributed by atoms with van der Waals surface area (Å²) in [5.41, 5.74) is 1.55. The van der Waals surface area contributed by atoms with Gasteiger partial charge in [-0.3, -0.25) is 4.68 Å². The second-order valence-corrected chi connectivity index (χ2v) is 4.48. The first-order chi connectivity index (χ1) is 9.20. The Balaban J connectivity index is 1.97. The van der Waals surface area contributed by atoms with E-state index in [2.05, 4.69) is 10.4 Å². The zero-order chi connectivity index (χ0) is 13.7. The first kappa shape index (κ1) is 13.7. The summed E-state index contributed by atoms with van der Waals surface area (Å²) in [4.78, 5) is 0. The van der Waals surface area contributed by atoms with Gasteiger partial charge in [-0.25, -0.2) is 0 Å². The molecule has 6 heteroatoms. The van der Waals surface area contributed by atoms with Crippen molar-refractivity contribution < 1.29 is 9.84 Å². The second-order valence-electron chi connectivity index (χ2n) is 4.08. The number of ether oxygens (including phenoxy) is 1. The van der Waals surface area contributed by atoms with Crippen LogP contribution in [0, 0.1) is 0 Å². The predicted octanol–water partition coefficient (Wildman–Crippen LogP) is 2.50. The number of anilines is 1. The van der Waals surface area contributed by atoms with Crippen LogP contribution in [-0.2, 0) is 17.8 Å². The van der Waals surface area contributed by atoms with Gasteiger partial charge in [0, 0.05) is 30.4 Å². The van der Waals surface area contributed by atoms with Gasteiger partial charge in [-0.15, -0.1) is 0 Å². The third-order valence-electron chi connectivity index (χ3n) is 2.72. The van der Waals surface area contributed by atoms with Gasteiger partial charge in [0.1, 0.15) is 5.75 Å². The molecule has 0 unspecified atom stereocenters. The zero-order valence-electron chi connectivity index (χ0n) is 10.6. The zero-order valence-corrected chi connectivity index (χ0v) is 11.4. The van der Waals surface area contributed by atoms with Crippen LogP contribution in [0.5, 0.6) is 5.75 Å². The van der Waals surface area contributed by atoms with Crippen molar-refractivity contribution in [2.45, 2.75) is 13.1 Å². The smallest absolute Gasteiger partial charge is 0.122 e. The van der Waals surface area contributed by atoms with Gasteiger partial charge in [-0.05, 0) is 12.1 Å². The summed E-state index contributed by atoms with van der Waals surface area (Å²) in [7, 11) is 1.66. The lowest BCUT2D eigenvalue weighted by atomic mass is 10.2. The molecule has 0 aliphatic carbocycles. The van der Waals surface area contributed by atoms with E-state index in [1.54, 1.807) is 36.2 Å². The molecule has 0 bridgehead atoms. The van der Waals surface area contributed by atoms with Crippen molar-refractivity contribution in [3.05, 3.63) is 41.2 Å². The SMILES string of the molecule is COCCn1cc(NCc2c(O)cccc2Cl)cn1. The third kappa shape index (κ3) is 3.62. The molecule has 5 nitrogen and oxygen atoms in total. The van der Waals surface area contributed by atoms with Crippen LogP contribution in [0.25, 0.3) is 0 Å². The molecule has 0 aliphatic rings. The number of halogens is 1. The van der Waals surface area contributed by atoms with Crippen molar-refractivity contribution in [3.8, 4) is 5.75 Å². The van der Waals surface area contributed by atoms with Gasteiger partial charge < -0.3 is 15.2 Å². The Bertz CT molecular complexity index is 522. The van der Waals surface area contributed by atoms with Gasteiger partial charge in [0.15, 0.2) is 0 Å². The summed E-state index contributed by atoms with van der Waals surface area (Å²) in [6.45, 7) is 1.77. The fraction of sp³-hybridized carbons (Fsp3) is 0.308. The highest BCUT2D eigenvalue weighted by atomic mass is 35.5. The first-order valence-corrected chi connectivity index (χ1v) is 6.30. The maximum Gasteiger partial charge on any atom is 0.122 e. The molecule has 0 fully saturated rings. The lowest BCUT2D eigenvalue weighted by Gasteiger charge is -2.07. The molecule has 0 spiro atoms.